The first-order valence-electron chi connectivity index (χ1n) is 6.86. The topological polar surface area (TPSA) is 84.9 Å². The highest BCUT2D eigenvalue weighted by Gasteiger charge is 2.48. The molecule has 1 aliphatic rings. The molecule has 0 unspecified atom stereocenters. The van der Waals surface area contributed by atoms with E-state index in [1.54, 1.807) is 32.7 Å². The number of carbonyl (C=O) groups excluding carboxylic acids is 3. The number of carbonyl (C=O) groups is 3. The maximum atomic E-state index is 12.2. The first kappa shape index (κ1) is 17.4. The van der Waals surface area contributed by atoms with Crippen molar-refractivity contribution in [3.8, 4) is 0 Å². The summed E-state index contributed by atoms with van der Waals surface area (Å²) >= 11 is 0. The maximum absolute atomic E-state index is 12.2. The molecule has 1 heterocycles. The van der Waals surface area contributed by atoms with E-state index in [9.17, 15) is 14.4 Å². The number of ether oxygens (including phenoxy) is 2. The minimum atomic E-state index is -0.606. The lowest BCUT2D eigenvalue weighted by atomic mass is 10.0. The van der Waals surface area contributed by atoms with Gasteiger partial charge in [-0.2, -0.15) is 0 Å². The van der Waals surface area contributed by atoms with Crippen LogP contribution in [0, 0.1) is 5.92 Å². The lowest BCUT2D eigenvalue weighted by Crippen LogP contribution is -2.50. The number of amides is 1. The van der Waals surface area contributed by atoms with Crippen LogP contribution in [0.2, 0.25) is 0 Å². The Kier molecular flexibility index (Phi) is 5.33. The Labute approximate surface area is 124 Å². The van der Waals surface area contributed by atoms with Gasteiger partial charge in [0.2, 0.25) is 5.91 Å². The van der Waals surface area contributed by atoms with Crippen molar-refractivity contribution in [3.05, 3.63) is 0 Å². The molecule has 0 spiro atoms. The Morgan fingerprint density at radius 3 is 2.19 bits per heavy atom. The van der Waals surface area contributed by atoms with E-state index in [0.29, 0.717) is 0 Å². The third-order valence-electron chi connectivity index (χ3n) is 3.32. The molecule has 1 rings (SSSR count). The van der Waals surface area contributed by atoms with E-state index >= 15 is 0 Å². The Morgan fingerprint density at radius 2 is 1.76 bits per heavy atom. The molecule has 1 aliphatic heterocycles. The number of methoxy groups -OCH3 is 1. The summed E-state index contributed by atoms with van der Waals surface area (Å²) < 4.78 is 10.1. The van der Waals surface area contributed by atoms with E-state index in [1.165, 1.54) is 14.0 Å². The van der Waals surface area contributed by atoms with E-state index in [4.69, 9.17) is 9.47 Å². The molecular weight excluding hydrogens is 276 g/mol. The van der Waals surface area contributed by atoms with Crippen molar-refractivity contribution in [2.24, 2.45) is 5.92 Å². The van der Waals surface area contributed by atoms with Crippen molar-refractivity contribution in [3.63, 3.8) is 0 Å². The van der Waals surface area contributed by atoms with Gasteiger partial charge in [-0.3, -0.25) is 19.3 Å². The second kappa shape index (κ2) is 6.43. The van der Waals surface area contributed by atoms with Crippen LogP contribution in [0.15, 0.2) is 0 Å². The maximum Gasteiger partial charge on any atom is 0.323 e. The number of nitrogens with zero attached hydrogens (tertiary/aromatic N) is 1. The quantitative estimate of drug-likeness (QED) is 0.754. The third kappa shape index (κ3) is 4.42. The average molecular weight is 300 g/mol. The summed E-state index contributed by atoms with van der Waals surface area (Å²) in [6.07, 6.45) is -0.323. The zero-order chi connectivity index (χ0) is 16.4. The molecule has 0 radical (unpaired) electrons. The average Bonchev–Trinajstić information content (AvgIpc) is 2.64. The van der Waals surface area contributed by atoms with Crippen LogP contribution in [-0.2, 0) is 23.9 Å². The van der Waals surface area contributed by atoms with Gasteiger partial charge in [0.15, 0.2) is 0 Å². The van der Waals surface area contributed by atoms with E-state index in [2.05, 4.69) is 5.32 Å². The van der Waals surface area contributed by atoms with Crippen LogP contribution in [0.1, 0.15) is 34.1 Å². The van der Waals surface area contributed by atoms with Gasteiger partial charge in [0.25, 0.3) is 0 Å². The number of hydrogen-bond acceptors (Lipinski definition) is 6. The molecule has 7 nitrogen and oxygen atoms in total. The van der Waals surface area contributed by atoms with Gasteiger partial charge in [0, 0.05) is 6.92 Å². The zero-order valence-electron chi connectivity index (χ0n) is 13.4. The molecule has 0 saturated carbocycles. The number of hydrogen-bond donors (Lipinski definition) is 1. The van der Waals surface area contributed by atoms with E-state index in [1.807, 2.05) is 0 Å². The predicted octanol–water partition coefficient (Wildman–Crippen LogP) is 0.284. The minimum absolute atomic E-state index is 0.253. The zero-order valence-corrected chi connectivity index (χ0v) is 13.4. The molecule has 3 atom stereocenters. The van der Waals surface area contributed by atoms with Crippen LogP contribution in [0.5, 0.6) is 0 Å². The van der Waals surface area contributed by atoms with Crippen molar-refractivity contribution in [1.82, 2.24) is 10.2 Å². The highest BCUT2D eigenvalue weighted by molar-refractivity contribution is 5.82. The highest BCUT2D eigenvalue weighted by atomic mass is 16.6. The fraction of sp³-hybridized carbons (Fsp3) is 0.786. The molecular formula is C14H24N2O5. The van der Waals surface area contributed by atoms with Crippen LogP contribution in [-0.4, -0.2) is 54.7 Å². The molecule has 0 aromatic carbocycles. The summed E-state index contributed by atoms with van der Waals surface area (Å²) in [4.78, 5) is 37.0. The molecule has 0 aromatic heterocycles. The van der Waals surface area contributed by atoms with E-state index in [-0.39, 0.29) is 12.3 Å². The number of esters is 2. The van der Waals surface area contributed by atoms with Crippen molar-refractivity contribution >= 4 is 17.8 Å². The van der Waals surface area contributed by atoms with Crippen molar-refractivity contribution in [1.29, 1.82) is 0 Å². The number of likely N-dealkylation sites (tertiary alicyclic amines) is 1. The van der Waals surface area contributed by atoms with E-state index in [0.717, 1.165) is 0 Å². The molecule has 21 heavy (non-hydrogen) atoms. The third-order valence-corrected chi connectivity index (χ3v) is 3.32. The van der Waals surface area contributed by atoms with Gasteiger partial charge in [0.05, 0.1) is 19.2 Å². The largest absolute Gasteiger partial charge is 0.469 e. The van der Waals surface area contributed by atoms with Crippen LogP contribution in [0.25, 0.3) is 0 Å². The van der Waals surface area contributed by atoms with Gasteiger partial charge in [-0.15, -0.1) is 0 Å². The van der Waals surface area contributed by atoms with Gasteiger partial charge in [0.1, 0.15) is 11.6 Å². The summed E-state index contributed by atoms with van der Waals surface area (Å²) in [6.45, 7) is 6.71. The SMILES string of the molecule is COC(=O)[C@@H]1C[C@H](C(=O)OC(C)(C)C)N(C)[C@H]1NC(C)=O. The molecule has 0 aromatic rings. The Balaban J connectivity index is 2.92. The second-order valence-corrected chi connectivity index (χ2v) is 6.23. The Hall–Kier alpha value is -1.63. The van der Waals surface area contributed by atoms with Gasteiger partial charge in [-0.1, -0.05) is 0 Å². The molecule has 1 fully saturated rings. The first-order valence-corrected chi connectivity index (χ1v) is 6.86. The minimum Gasteiger partial charge on any atom is -0.469 e. The monoisotopic (exact) mass is 300 g/mol. The molecule has 1 saturated heterocycles. The number of nitrogens with one attached hydrogen (secondary N) is 1. The lowest BCUT2D eigenvalue weighted by molar-refractivity contribution is -0.160. The van der Waals surface area contributed by atoms with Gasteiger partial charge < -0.3 is 14.8 Å². The molecule has 0 aliphatic carbocycles. The van der Waals surface area contributed by atoms with Crippen LogP contribution in [0.4, 0.5) is 0 Å². The van der Waals surface area contributed by atoms with Gasteiger partial charge >= 0.3 is 11.9 Å². The fourth-order valence-electron chi connectivity index (χ4n) is 2.43. The Morgan fingerprint density at radius 1 is 1.19 bits per heavy atom. The summed E-state index contributed by atoms with van der Waals surface area (Å²) in [6, 6.07) is -0.592. The molecule has 1 N–H and O–H groups in total. The predicted molar refractivity (Wildman–Crippen MR) is 75.1 cm³/mol. The smallest absolute Gasteiger partial charge is 0.323 e. The van der Waals surface area contributed by atoms with E-state index < -0.39 is 35.7 Å². The standard InChI is InChI=1S/C14H24N2O5/c1-8(17)15-11-9(12(18)20-6)7-10(16(11)5)13(19)21-14(2,3)4/h9-11H,7H2,1-6H3,(H,15,17)/t9-,10-,11-/m1/s1. The molecule has 7 heteroatoms. The summed E-state index contributed by atoms with van der Waals surface area (Å²) in [5.74, 6) is -1.73. The summed E-state index contributed by atoms with van der Waals surface area (Å²) in [5, 5.41) is 2.68. The summed E-state index contributed by atoms with van der Waals surface area (Å²) in [7, 11) is 2.96. The fourth-order valence-corrected chi connectivity index (χ4v) is 2.43. The second-order valence-electron chi connectivity index (χ2n) is 6.23. The van der Waals surface area contributed by atoms with Crippen LogP contribution >= 0.6 is 0 Å². The molecule has 0 bridgehead atoms. The van der Waals surface area contributed by atoms with Crippen LogP contribution in [0.3, 0.4) is 0 Å². The normalized spacial score (nSPS) is 26.3. The number of rotatable bonds is 3. The highest BCUT2D eigenvalue weighted by Crippen LogP contribution is 2.29. The van der Waals surface area contributed by atoms with Crippen molar-refractivity contribution < 1.29 is 23.9 Å². The van der Waals surface area contributed by atoms with Crippen molar-refractivity contribution in [2.75, 3.05) is 14.2 Å². The molecule has 1 amide bonds. The van der Waals surface area contributed by atoms with Crippen molar-refractivity contribution in [2.45, 2.75) is 51.9 Å². The van der Waals surface area contributed by atoms with Crippen LogP contribution < -0.4 is 5.32 Å². The van der Waals surface area contributed by atoms with Gasteiger partial charge in [-0.25, -0.2) is 0 Å². The Bertz CT molecular complexity index is 430. The number of likely N-dealkylation sites (N-methyl/N-ethyl adjacent to an activating group) is 1. The lowest BCUT2D eigenvalue weighted by Gasteiger charge is -2.28. The first-order chi connectivity index (χ1) is 9.56. The van der Waals surface area contributed by atoms with Gasteiger partial charge in [-0.05, 0) is 34.2 Å². The summed E-state index contributed by atoms with van der Waals surface area (Å²) in [5.41, 5.74) is -0.606. The molecule has 120 valence electrons.